The van der Waals surface area contributed by atoms with Gasteiger partial charge in [0.15, 0.2) is 0 Å². The van der Waals surface area contributed by atoms with Crippen molar-refractivity contribution >= 4 is 5.91 Å². The number of hydrogen-bond acceptors (Lipinski definition) is 3. The van der Waals surface area contributed by atoms with Gasteiger partial charge in [-0.2, -0.15) is 0 Å². The van der Waals surface area contributed by atoms with E-state index in [9.17, 15) is 4.79 Å². The monoisotopic (exact) mass is 226 g/mol. The molecular formula is C12H22N2O2. The molecule has 2 fully saturated rings. The van der Waals surface area contributed by atoms with Crippen molar-refractivity contribution in [1.29, 1.82) is 0 Å². The van der Waals surface area contributed by atoms with Crippen LogP contribution in [0.15, 0.2) is 0 Å². The Balaban J connectivity index is 2.04. The lowest BCUT2D eigenvalue weighted by molar-refractivity contribution is -0.119. The van der Waals surface area contributed by atoms with E-state index in [4.69, 9.17) is 10.5 Å². The highest BCUT2D eigenvalue weighted by molar-refractivity contribution is 5.76. The first-order chi connectivity index (χ1) is 7.55. The first-order valence-corrected chi connectivity index (χ1v) is 6.10. The van der Waals surface area contributed by atoms with E-state index in [0.717, 1.165) is 32.2 Å². The second-order valence-electron chi connectivity index (χ2n) is 5.50. The molecule has 0 spiro atoms. The summed E-state index contributed by atoms with van der Waals surface area (Å²) >= 11 is 0. The number of amides is 1. The van der Waals surface area contributed by atoms with Crippen LogP contribution >= 0.6 is 0 Å². The van der Waals surface area contributed by atoms with Gasteiger partial charge in [0, 0.05) is 13.2 Å². The minimum absolute atomic E-state index is 0.210. The summed E-state index contributed by atoms with van der Waals surface area (Å²) in [7, 11) is 1.80. The topological polar surface area (TPSA) is 55.6 Å². The molecule has 0 radical (unpaired) electrons. The predicted molar refractivity (Wildman–Crippen MR) is 61.9 cm³/mol. The van der Waals surface area contributed by atoms with Crippen LogP contribution in [0.3, 0.4) is 0 Å². The van der Waals surface area contributed by atoms with Gasteiger partial charge in [-0.3, -0.25) is 9.69 Å². The van der Waals surface area contributed by atoms with Crippen molar-refractivity contribution in [2.75, 3.05) is 20.2 Å². The molecule has 2 aliphatic rings. The minimum atomic E-state index is -0.210. The Bertz CT molecular complexity index is 282. The first kappa shape index (κ1) is 11.9. The second kappa shape index (κ2) is 4.34. The van der Waals surface area contributed by atoms with Crippen molar-refractivity contribution in [3.8, 4) is 0 Å². The van der Waals surface area contributed by atoms with E-state index in [1.54, 1.807) is 7.11 Å². The predicted octanol–water partition coefficient (Wildman–Crippen LogP) is 0.751. The molecule has 2 N–H and O–H groups in total. The van der Waals surface area contributed by atoms with Crippen LogP contribution in [0.5, 0.6) is 0 Å². The van der Waals surface area contributed by atoms with Gasteiger partial charge < -0.3 is 10.5 Å². The lowest BCUT2D eigenvalue weighted by Gasteiger charge is -2.42. The number of ether oxygens (including phenoxy) is 1. The van der Waals surface area contributed by atoms with E-state index >= 15 is 0 Å². The van der Waals surface area contributed by atoms with Crippen LogP contribution < -0.4 is 5.73 Å². The fourth-order valence-electron chi connectivity index (χ4n) is 3.49. The molecule has 3 atom stereocenters. The molecule has 2 rings (SSSR count). The van der Waals surface area contributed by atoms with Crippen molar-refractivity contribution in [3.05, 3.63) is 0 Å². The highest BCUT2D eigenvalue weighted by atomic mass is 16.5. The molecule has 4 nitrogen and oxygen atoms in total. The van der Waals surface area contributed by atoms with Crippen LogP contribution in [0.1, 0.15) is 32.6 Å². The molecule has 1 aliphatic heterocycles. The zero-order chi connectivity index (χ0) is 11.8. The second-order valence-corrected chi connectivity index (χ2v) is 5.50. The van der Waals surface area contributed by atoms with Crippen molar-refractivity contribution in [3.63, 3.8) is 0 Å². The Kier molecular flexibility index (Phi) is 3.22. The average molecular weight is 226 g/mol. The molecule has 1 saturated carbocycles. The Hall–Kier alpha value is -0.610. The Morgan fingerprint density at radius 1 is 1.56 bits per heavy atom. The normalized spacial score (nSPS) is 39.6. The summed E-state index contributed by atoms with van der Waals surface area (Å²) in [4.78, 5) is 13.3. The third-order valence-electron chi connectivity index (χ3n) is 4.36. The van der Waals surface area contributed by atoms with Gasteiger partial charge in [-0.25, -0.2) is 0 Å². The smallest absolute Gasteiger partial charge is 0.231 e. The lowest BCUT2D eigenvalue weighted by atomic mass is 9.71. The third kappa shape index (κ3) is 2.09. The van der Waals surface area contributed by atoms with Crippen LogP contribution in [0.4, 0.5) is 0 Å². The molecule has 16 heavy (non-hydrogen) atoms. The molecule has 92 valence electrons. The summed E-state index contributed by atoms with van der Waals surface area (Å²) in [6, 6.07) is 0.520. The Morgan fingerprint density at radius 3 is 2.94 bits per heavy atom. The maximum Gasteiger partial charge on any atom is 0.231 e. The SMILES string of the molecule is CO[C@@H]1CC[C@H]2N(CC(N)=O)CC[C@@]2(C)C1. The number of carbonyl (C=O) groups is 1. The highest BCUT2D eigenvalue weighted by Gasteiger charge is 2.47. The zero-order valence-electron chi connectivity index (χ0n) is 10.2. The third-order valence-corrected chi connectivity index (χ3v) is 4.36. The maximum atomic E-state index is 11.0. The van der Waals surface area contributed by atoms with Gasteiger partial charge in [0.2, 0.25) is 5.91 Å². The van der Waals surface area contributed by atoms with Gasteiger partial charge >= 0.3 is 0 Å². The summed E-state index contributed by atoms with van der Waals surface area (Å²) in [6.07, 6.45) is 4.90. The fourth-order valence-corrected chi connectivity index (χ4v) is 3.49. The van der Waals surface area contributed by atoms with Gasteiger partial charge in [0.05, 0.1) is 12.6 Å². The van der Waals surface area contributed by atoms with Crippen molar-refractivity contribution < 1.29 is 9.53 Å². The summed E-state index contributed by atoms with van der Waals surface area (Å²) in [5.74, 6) is -0.210. The lowest BCUT2D eigenvalue weighted by Crippen LogP contribution is -2.46. The van der Waals surface area contributed by atoms with E-state index in [0.29, 0.717) is 24.1 Å². The number of nitrogens with two attached hydrogens (primary N) is 1. The van der Waals surface area contributed by atoms with E-state index in [1.165, 1.54) is 0 Å². The van der Waals surface area contributed by atoms with Crippen LogP contribution in [-0.4, -0.2) is 43.2 Å². The molecule has 1 heterocycles. The summed E-state index contributed by atoms with van der Waals surface area (Å²) in [5.41, 5.74) is 5.60. The quantitative estimate of drug-likeness (QED) is 0.772. The molecule has 0 bridgehead atoms. The molecule has 0 aromatic rings. The first-order valence-electron chi connectivity index (χ1n) is 6.10. The molecule has 4 heteroatoms. The molecule has 0 aromatic carbocycles. The molecule has 1 aliphatic carbocycles. The summed E-state index contributed by atoms with van der Waals surface area (Å²) in [5, 5.41) is 0. The maximum absolute atomic E-state index is 11.0. The zero-order valence-corrected chi connectivity index (χ0v) is 10.2. The van der Waals surface area contributed by atoms with Crippen LogP contribution in [0.2, 0.25) is 0 Å². The standard InChI is InChI=1S/C12H22N2O2/c1-12-5-6-14(8-11(13)15)10(12)4-3-9(7-12)16-2/h9-10H,3-8H2,1-2H3,(H2,13,15)/t9-,10-,12+/m1/s1. The van der Waals surface area contributed by atoms with Crippen LogP contribution in [-0.2, 0) is 9.53 Å². The van der Waals surface area contributed by atoms with Gasteiger partial charge in [-0.1, -0.05) is 6.92 Å². The largest absolute Gasteiger partial charge is 0.381 e. The van der Waals surface area contributed by atoms with Crippen molar-refractivity contribution in [2.45, 2.75) is 44.8 Å². The minimum Gasteiger partial charge on any atom is -0.381 e. The average Bonchev–Trinajstić information content (AvgIpc) is 2.54. The number of carbonyl (C=O) groups excluding carboxylic acids is 1. The van der Waals surface area contributed by atoms with E-state index in [1.807, 2.05) is 0 Å². The Labute approximate surface area is 97.1 Å². The van der Waals surface area contributed by atoms with E-state index in [2.05, 4.69) is 11.8 Å². The molecule has 1 saturated heterocycles. The van der Waals surface area contributed by atoms with Gasteiger partial charge in [-0.15, -0.1) is 0 Å². The van der Waals surface area contributed by atoms with Crippen molar-refractivity contribution in [2.24, 2.45) is 11.1 Å². The number of methoxy groups -OCH3 is 1. The van der Waals surface area contributed by atoms with Crippen molar-refractivity contribution in [1.82, 2.24) is 4.90 Å². The highest BCUT2D eigenvalue weighted by Crippen LogP contribution is 2.46. The van der Waals surface area contributed by atoms with E-state index < -0.39 is 0 Å². The number of primary amides is 1. The Morgan fingerprint density at radius 2 is 2.31 bits per heavy atom. The number of rotatable bonds is 3. The summed E-state index contributed by atoms with van der Waals surface area (Å²) < 4.78 is 5.47. The van der Waals surface area contributed by atoms with Gasteiger partial charge in [-0.05, 0) is 37.6 Å². The molecule has 1 amide bonds. The number of likely N-dealkylation sites (tertiary alicyclic amines) is 1. The van der Waals surface area contributed by atoms with Crippen LogP contribution in [0, 0.1) is 5.41 Å². The molecule has 0 aromatic heterocycles. The number of nitrogens with zero attached hydrogens (tertiary/aromatic N) is 1. The fraction of sp³-hybridized carbons (Fsp3) is 0.917. The molecule has 0 unspecified atom stereocenters. The summed E-state index contributed by atoms with van der Waals surface area (Å²) in [6.45, 7) is 3.74. The van der Waals surface area contributed by atoms with E-state index in [-0.39, 0.29) is 5.91 Å². The van der Waals surface area contributed by atoms with Gasteiger partial charge in [0.1, 0.15) is 0 Å². The molecular weight excluding hydrogens is 204 g/mol. The number of hydrogen-bond donors (Lipinski definition) is 1. The van der Waals surface area contributed by atoms with Gasteiger partial charge in [0.25, 0.3) is 0 Å². The van der Waals surface area contributed by atoms with Crippen LogP contribution in [0.25, 0.3) is 0 Å². The number of fused-ring (bicyclic) bond motifs is 1.